The molecule has 0 fully saturated rings. The third kappa shape index (κ3) is 3.88. The summed E-state index contributed by atoms with van der Waals surface area (Å²) in [4.78, 5) is 4.05. The van der Waals surface area contributed by atoms with Crippen LogP contribution in [0.25, 0.3) is 0 Å². The van der Waals surface area contributed by atoms with E-state index in [1.54, 1.807) is 12.3 Å². The molecule has 0 atom stereocenters. The summed E-state index contributed by atoms with van der Waals surface area (Å²) in [5.74, 6) is -1.33. The predicted octanol–water partition coefficient (Wildman–Crippen LogP) is 3.92. The van der Waals surface area contributed by atoms with E-state index in [9.17, 15) is 8.78 Å². The standard InChI is InChI=1S/C14H13ClF2N2O/c1-2-18-7-9-3-13(15)14(19-8-9)20-12-5-10(16)4-11(17)6-12/h3-6,8,18H,2,7H2,1H3. The molecule has 2 rings (SSSR count). The van der Waals surface area contributed by atoms with E-state index in [4.69, 9.17) is 16.3 Å². The number of nitrogens with zero attached hydrogens (tertiary/aromatic N) is 1. The largest absolute Gasteiger partial charge is 0.437 e. The van der Waals surface area contributed by atoms with Gasteiger partial charge in [0.05, 0.1) is 0 Å². The van der Waals surface area contributed by atoms with Crippen LogP contribution in [0.5, 0.6) is 11.6 Å². The van der Waals surface area contributed by atoms with Crippen molar-refractivity contribution in [3.8, 4) is 11.6 Å². The molecule has 1 aromatic carbocycles. The minimum Gasteiger partial charge on any atom is -0.437 e. The van der Waals surface area contributed by atoms with Gasteiger partial charge in [0.2, 0.25) is 5.88 Å². The number of hydrogen-bond acceptors (Lipinski definition) is 3. The van der Waals surface area contributed by atoms with E-state index in [-0.39, 0.29) is 16.7 Å². The summed E-state index contributed by atoms with van der Waals surface area (Å²) in [7, 11) is 0. The number of rotatable bonds is 5. The van der Waals surface area contributed by atoms with Crippen LogP contribution in [0, 0.1) is 11.6 Å². The fraction of sp³-hybridized carbons (Fsp3) is 0.214. The normalized spacial score (nSPS) is 10.6. The van der Waals surface area contributed by atoms with E-state index in [0.29, 0.717) is 6.54 Å². The third-order valence-corrected chi connectivity index (χ3v) is 2.76. The van der Waals surface area contributed by atoms with E-state index in [1.165, 1.54) is 0 Å². The molecule has 1 N–H and O–H groups in total. The van der Waals surface area contributed by atoms with Gasteiger partial charge in [0.25, 0.3) is 0 Å². The molecule has 0 saturated carbocycles. The van der Waals surface area contributed by atoms with E-state index >= 15 is 0 Å². The molecule has 20 heavy (non-hydrogen) atoms. The summed E-state index contributed by atoms with van der Waals surface area (Å²) in [5, 5.41) is 3.42. The smallest absolute Gasteiger partial charge is 0.238 e. The van der Waals surface area contributed by atoms with Crippen molar-refractivity contribution < 1.29 is 13.5 Å². The second-order valence-corrected chi connectivity index (χ2v) is 4.53. The molecule has 1 aromatic heterocycles. The van der Waals surface area contributed by atoms with Crippen molar-refractivity contribution in [1.82, 2.24) is 10.3 Å². The van der Waals surface area contributed by atoms with Gasteiger partial charge in [-0.15, -0.1) is 0 Å². The van der Waals surface area contributed by atoms with Crippen LogP contribution in [-0.2, 0) is 6.54 Å². The highest BCUT2D eigenvalue weighted by atomic mass is 35.5. The topological polar surface area (TPSA) is 34.2 Å². The van der Waals surface area contributed by atoms with Crippen molar-refractivity contribution in [3.63, 3.8) is 0 Å². The second-order valence-electron chi connectivity index (χ2n) is 4.12. The number of pyridine rings is 1. The van der Waals surface area contributed by atoms with E-state index in [0.717, 1.165) is 30.3 Å². The molecule has 0 aliphatic rings. The molecular weight excluding hydrogens is 286 g/mol. The predicted molar refractivity (Wildman–Crippen MR) is 73.1 cm³/mol. The molecule has 0 radical (unpaired) electrons. The zero-order chi connectivity index (χ0) is 14.5. The Bertz CT molecular complexity index is 587. The van der Waals surface area contributed by atoms with Crippen LogP contribution in [-0.4, -0.2) is 11.5 Å². The highest BCUT2D eigenvalue weighted by molar-refractivity contribution is 6.31. The Morgan fingerprint density at radius 2 is 1.90 bits per heavy atom. The Balaban J connectivity index is 2.16. The maximum Gasteiger partial charge on any atom is 0.238 e. The van der Waals surface area contributed by atoms with Gasteiger partial charge in [0.1, 0.15) is 22.4 Å². The van der Waals surface area contributed by atoms with Crippen molar-refractivity contribution in [2.45, 2.75) is 13.5 Å². The third-order valence-electron chi connectivity index (χ3n) is 2.49. The van der Waals surface area contributed by atoms with Crippen LogP contribution in [0.15, 0.2) is 30.5 Å². The zero-order valence-corrected chi connectivity index (χ0v) is 11.5. The Morgan fingerprint density at radius 3 is 2.50 bits per heavy atom. The zero-order valence-electron chi connectivity index (χ0n) is 10.8. The maximum atomic E-state index is 13.1. The lowest BCUT2D eigenvalue weighted by Gasteiger charge is -2.08. The number of hydrogen-bond donors (Lipinski definition) is 1. The first-order valence-electron chi connectivity index (χ1n) is 6.07. The molecule has 0 saturated heterocycles. The van der Waals surface area contributed by atoms with E-state index in [2.05, 4.69) is 10.3 Å². The monoisotopic (exact) mass is 298 g/mol. The summed E-state index contributed by atoms with van der Waals surface area (Å²) in [5.41, 5.74) is 0.898. The number of aromatic nitrogens is 1. The second kappa shape index (κ2) is 6.63. The van der Waals surface area contributed by atoms with Gasteiger partial charge in [-0.25, -0.2) is 13.8 Å². The van der Waals surface area contributed by atoms with Gasteiger partial charge in [0, 0.05) is 30.9 Å². The Labute approximate surface area is 120 Å². The van der Waals surface area contributed by atoms with Crippen molar-refractivity contribution in [2.75, 3.05) is 6.54 Å². The summed E-state index contributed by atoms with van der Waals surface area (Å²) < 4.78 is 31.4. The molecule has 6 heteroatoms. The molecular formula is C14H13ClF2N2O. The maximum absolute atomic E-state index is 13.1. The number of ether oxygens (including phenoxy) is 1. The summed E-state index contributed by atoms with van der Waals surface area (Å²) in [6.07, 6.45) is 1.60. The summed E-state index contributed by atoms with van der Waals surface area (Å²) in [6.45, 7) is 3.46. The molecule has 0 amide bonds. The van der Waals surface area contributed by atoms with Gasteiger partial charge in [-0.1, -0.05) is 18.5 Å². The Morgan fingerprint density at radius 1 is 1.20 bits per heavy atom. The molecule has 3 nitrogen and oxygen atoms in total. The molecule has 2 aromatic rings. The fourth-order valence-electron chi connectivity index (χ4n) is 1.61. The highest BCUT2D eigenvalue weighted by Crippen LogP contribution is 2.28. The van der Waals surface area contributed by atoms with Gasteiger partial charge >= 0.3 is 0 Å². The first-order valence-corrected chi connectivity index (χ1v) is 6.45. The summed E-state index contributed by atoms with van der Waals surface area (Å²) in [6, 6.07) is 4.59. The average Bonchev–Trinajstić information content (AvgIpc) is 2.38. The lowest BCUT2D eigenvalue weighted by Crippen LogP contribution is -2.11. The van der Waals surface area contributed by atoms with E-state index in [1.807, 2.05) is 6.92 Å². The average molecular weight is 299 g/mol. The lowest BCUT2D eigenvalue weighted by molar-refractivity contribution is 0.451. The van der Waals surface area contributed by atoms with Crippen molar-refractivity contribution >= 4 is 11.6 Å². The van der Waals surface area contributed by atoms with Crippen molar-refractivity contribution in [2.24, 2.45) is 0 Å². The minimum atomic E-state index is -0.722. The molecule has 0 spiro atoms. The van der Waals surface area contributed by atoms with Gasteiger partial charge < -0.3 is 10.1 Å². The number of nitrogens with one attached hydrogen (secondary N) is 1. The first-order chi connectivity index (χ1) is 9.58. The molecule has 1 heterocycles. The van der Waals surface area contributed by atoms with Crippen molar-refractivity contribution in [1.29, 1.82) is 0 Å². The van der Waals surface area contributed by atoms with E-state index < -0.39 is 11.6 Å². The molecule has 0 aliphatic heterocycles. The minimum absolute atomic E-state index is 0.0105. The molecule has 0 bridgehead atoms. The SMILES string of the molecule is CCNCc1cnc(Oc2cc(F)cc(F)c2)c(Cl)c1. The quantitative estimate of drug-likeness (QED) is 0.908. The summed E-state index contributed by atoms with van der Waals surface area (Å²) >= 11 is 6.04. The molecule has 0 aliphatic carbocycles. The Hall–Kier alpha value is -1.72. The van der Waals surface area contributed by atoms with Gasteiger partial charge in [-0.05, 0) is 18.2 Å². The van der Waals surface area contributed by atoms with Crippen LogP contribution < -0.4 is 10.1 Å². The van der Waals surface area contributed by atoms with Gasteiger partial charge in [-0.2, -0.15) is 0 Å². The fourth-order valence-corrected chi connectivity index (χ4v) is 1.83. The first kappa shape index (κ1) is 14.7. The highest BCUT2D eigenvalue weighted by Gasteiger charge is 2.08. The van der Waals surface area contributed by atoms with Crippen LogP contribution in [0.3, 0.4) is 0 Å². The van der Waals surface area contributed by atoms with Gasteiger partial charge in [-0.3, -0.25) is 0 Å². The van der Waals surface area contributed by atoms with Crippen LogP contribution in [0.1, 0.15) is 12.5 Å². The lowest BCUT2D eigenvalue weighted by atomic mass is 10.3. The van der Waals surface area contributed by atoms with Crippen molar-refractivity contribution in [3.05, 3.63) is 52.7 Å². The van der Waals surface area contributed by atoms with Gasteiger partial charge in [0.15, 0.2) is 0 Å². The van der Waals surface area contributed by atoms with Crippen LogP contribution in [0.4, 0.5) is 8.78 Å². The van der Waals surface area contributed by atoms with Crippen LogP contribution in [0.2, 0.25) is 5.02 Å². The van der Waals surface area contributed by atoms with Crippen LogP contribution >= 0.6 is 11.6 Å². The molecule has 0 unspecified atom stereocenters. The number of halogens is 3. The number of benzene rings is 1. The Kier molecular flexibility index (Phi) is 4.87. The molecule has 106 valence electrons.